The van der Waals surface area contributed by atoms with Crippen LogP contribution in [-0.2, 0) is 0 Å². The van der Waals surface area contributed by atoms with Crippen LogP contribution < -0.4 is 0 Å². The van der Waals surface area contributed by atoms with Gasteiger partial charge in [0.05, 0.1) is 0 Å². The number of thiophene rings is 1. The van der Waals surface area contributed by atoms with Crippen molar-refractivity contribution in [2.24, 2.45) is 0 Å². The molecule has 1 unspecified atom stereocenters. The van der Waals surface area contributed by atoms with Gasteiger partial charge >= 0.3 is 0 Å². The molecule has 84 valence electrons. The van der Waals surface area contributed by atoms with Crippen LogP contribution in [0.3, 0.4) is 0 Å². The molecular formula is C12H10F2OS. The van der Waals surface area contributed by atoms with E-state index in [1.165, 1.54) is 11.3 Å². The molecule has 0 amide bonds. The average molecular weight is 240 g/mol. The summed E-state index contributed by atoms with van der Waals surface area (Å²) in [6, 6.07) is 4.94. The molecular weight excluding hydrogens is 230 g/mol. The first kappa shape index (κ1) is 11.2. The molecule has 1 aromatic heterocycles. The minimum absolute atomic E-state index is 0.239. The van der Waals surface area contributed by atoms with Gasteiger partial charge < -0.3 is 5.11 Å². The Morgan fingerprint density at radius 1 is 1.19 bits per heavy atom. The van der Waals surface area contributed by atoms with Crippen molar-refractivity contribution in [3.63, 3.8) is 0 Å². The highest BCUT2D eigenvalue weighted by atomic mass is 32.1. The fraction of sp³-hybridized carbons (Fsp3) is 0.167. The molecule has 0 spiro atoms. The summed E-state index contributed by atoms with van der Waals surface area (Å²) in [6.07, 6.45) is -0.967. The summed E-state index contributed by atoms with van der Waals surface area (Å²) in [5.74, 6) is -1.36. The molecule has 1 aromatic carbocycles. The fourth-order valence-corrected chi connectivity index (χ4v) is 2.49. The number of aliphatic hydroxyl groups excluding tert-OH is 1. The Bertz CT molecular complexity index is 487. The highest BCUT2D eigenvalue weighted by molar-refractivity contribution is 7.10. The van der Waals surface area contributed by atoms with Gasteiger partial charge in [0.25, 0.3) is 0 Å². The van der Waals surface area contributed by atoms with Gasteiger partial charge in [0.1, 0.15) is 17.7 Å². The Kier molecular flexibility index (Phi) is 3.03. The monoisotopic (exact) mass is 240 g/mol. The first-order chi connectivity index (χ1) is 7.58. The van der Waals surface area contributed by atoms with Gasteiger partial charge in [-0.25, -0.2) is 8.78 Å². The largest absolute Gasteiger partial charge is 0.383 e. The highest BCUT2D eigenvalue weighted by Gasteiger charge is 2.15. The SMILES string of the molecule is Cc1ccsc1C(O)c1cc(F)cc(F)c1. The molecule has 2 aromatic rings. The molecule has 0 aliphatic heterocycles. The minimum atomic E-state index is -0.967. The summed E-state index contributed by atoms with van der Waals surface area (Å²) >= 11 is 1.37. The lowest BCUT2D eigenvalue weighted by Crippen LogP contribution is -2.00. The third-order valence-electron chi connectivity index (χ3n) is 2.35. The normalized spacial score (nSPS) is 12.8. The summed E-state index contributed by atoms with van der Waals surface area (Å²) in [5.41, 5.74) is 1.16. The van der Waals surface area contributed by atoms with Crippen LogP contribution in [0, 0.1) is 18.6 Å². The van der Waals surface area contributed by atoms with E-state index in [4.69, 9.17) is 0 Å². The third-order valence-corrected chi connectivity index (χ3v) is 3.42. The van der Waals surface area contributed by atoms with E-state index < -0.39 is 17.7 Å². The molecule has 1 atom stereocenters. The lowest BCUT2D eigenvalue weighted by Gasteiger charge is -2.10. The first-order valence-corrected chi connectivity index (χ1v) is 5.64. The molecule has 1 nitrogen and oxygen atoms in total. The van der Waals surface area contributed by atoms with Gasteiger partial charge in [-0.15, -0.1) is 11.3 Å². The van der Waals surface area contributed by atoms with E-state index in [1.807, 2.05) is 18.4 Å². The fourth-order valence-electron chi connectivity index (χ4n) is 1.55. The zero-order chi connectivity index (χ0) is 11.7. The van der Waals surface area contributed by atoms with Crippen LogP contribution in [0.15, 0.2) is 29.6 Å². The Labute approximate surface area is 96.0 Å². The minimum Gasteiger partial charge on any atom is -0.383 e. The number of hydrogen-bond donors (Lipinski definition) is 1. The van der Waals surface area contributed by atoms with E-state index in [-0.39, 0.29) is 5.56 Å². The third kappa shape index (κ3) is 2.13. The van der Waals surface area contributed by atoms with Crippen molar-refractivity contribution in [1.82, 2.24) is 0 Å². The van der Waals surface area contributed by atoms with E-state index >= 15 is 0 Å². The second-order valence-electron chi connectivity index (χ2n) is 3.57. The van der Waals surface area contributed by atoms with Gasteiger partial charge in [0.2, 0.25) is 0 Å². The van der Waals surface area contributed by atoms with Crippen molar-refractivity contribution >= 4 is 11.3 Å². The molecule has 1 heterocycles. The quantitative estimate of drug-likeness (QED) is 0.852. The van der Waals surface area contributed by atoms with Crippen LogP contribution in [0.1, 0.15) is 22.1 Å². The van der Waals surface area contributed by atoms with Crippen molar-refractivity contribution < 1.29 is 13.9 Å². The topological polar surface area (TPSA) is 20.2 Å². The van der Waals surface area contributed by atoms with Crippen molar-refractivity contribution in [3.05, 3.63) is 57.3 Å². The first-order valence-electron chi connectivity index (χ1n) is 4.76. The molecule has 4 heteroatoms. The van der Waals surface area contributed by atoms with Crippen molar-refractivity contribution in [2.45, 2.75) is 13.0 Å². The lowest BCUT2D eigenvalue weighted by atomic mass is 10.1. The Balaban J connectivity index is 2.41. The van der Waals surface area contributed by atoms with Crippen molar-refractivity contribution in [2.75, 3.05) is 0 Å². The molecule has 0 saturated heterocycles. The van der Waals surface area contributed by atoms with Crippen LogP contribution in [0.25, 0.3) is 0 Å². The van der Waals surface area contributed by atoms with Gasteiger partial charge in [0, 0.05) is 10.9 Å². The standard InChI is InChI=1S/C12H10F2OS/c1-7-2-3-16-12(7)11(15)8-4-9(13)6-10(14)5-8/h2-6,11,15H,1H3. The Morgan fingerprint density at radius 2 is 1.81 bits per heavy atom. The maximum Gasteiger partial charge on any atom is 0.126 e. The number of halogens is 2. The van der Waals surface area contributed by atoms with Crippen molar-refractivity contribution in [3.8, 4) is 0 Å². The molecule has 1 N–H and O–H groups in total. The highest BCUT2D eigenvalue weighted by Crippen LogP contribution is 2.29. The molecule has 0 radical (unpaired) electrons. The summed E-state index contributed by atoms with van der Waals surface area (Å²) in [5, 5.41) is 11.8. The van der Waals surface area contributed by atoms with Gasteiger partial charge in [0.15, 0.2) is 0 Å². The van der Waals surface area contributed by atoms with Crippen molar-refractivity contribution in [1.29, 1.82) is 0 Å². The number of benzene rings is 1. The lowest BCUT2D eigenvalue weighted by molar-refractivity contribution is 0.222. The number of aryl methyl sites for hydroxylation is 1. The molecule has 0 aliphatic rings. The van der Waals surface area contributed by atoms with E-state index in [9.17, 15) is 13.9 Å². The zero-order valence-corrected chi connectivity index (χ0v) is 9.39. The molecule has 0 fully saturated rings. The second-order valence-corrected chi connectivity index (χ2v) is 4.52. The van der Waals surface area contributed by atoms with Gasteiger partial charge in [-0.1, -0.05) is 0 Å². The van der Waals surface area contributed by atoms with Crippen LogP contribution in [0.2, 0.25) is 0 Å². The maximum absolute atomic E-state index is 13.0. The number of rotatable bonds is 2. The summed E-state index contributed by atoms with van der Waals surface area (Å²) in [6.45, 7) is 1.85. The van der Waals surface area contributed by atoms with Crippen LogP contribution in [0.5, 0.6) is 0 Å². The van der Waals surface area contributed by atoms with E-state index in [2.05, 4.69) is 0 Å². The summed E-state index contributed by atoms with van der Waals surface area (Å²) < 4.78 is 26.0. The van der Waals surface area contributed by atoms with Gasteiger partial charge in [-0.3, -0.25) is 0 Å². The maximum atomic E-state index is 13.0. The predicted octanol–water partition coefficient (Wildman–Crippen LogP) is 3.42. The van der Waals surface area contributed by atoms with Crippen LogP contribution >= 0.6 is 11.3 Å². The van der Waals surface area contributed by atoms with E-state index in [0.717, 1.165) is 23.8 Å². The number of hydrogen-bond acceptors (Lipinski definition) is 2. The molecule has 2 rings (SSSR count). The van der Waals surface area contributed by atoms with E-state index in [1.54, 1.807) is 0 Å². The molecule has 0 saturated carbocycles. The van der Waals surface area contributed by atoms with Gasteiger partial charge in [-0.05, 0) is 41.6 Å². The summed E-state index contributed by atoms with van der Waals surface area (Å²) in [7, 11) is 0. The van der Waals surface area contributed by atoms with Crippen LogP contribution in [0.4, 0.5) is 8.78 Å². The second kappa shape index (κ2) is 4.31. The smallest absolute Gasteiger partial charge is 0.126 e. The molecule has 0 aliphatic carbocycles. The van der Waals surface area contributed by atoms with Crippen LogP contribution in [-0.4, -0.2) is 5.11 Å². The molecule has 0 bridgehead atoms. The Morgan fingerprint density at radius 3 is 2.31 bits per heavy atom. The van der Waals surface area contributed by atoms with Gasteiger partial charge in [-0.2, -0.15) is 0 Å². The zero-order valence-electron chi connectivity index (χ0n) is 8.58. The Hall–Kier alpha value is -1.26. The number of aliphatic hydroxyl groups is 1. The van der Waals surface area contributed by atoms with E-state index in [0.29, 0.717) is 4.88 Å². The average Bonchev–Trinajstić information content (AvgIpc) is 2.62. The molecule has 16 heavy (non-hydrogen) atoms. The summed E-state index contributed by atoms with van der Waals surface area (Å²) in [4.78, 5) is 0.713. The predicted molar refractivity (Wildman–Crippen MR) is 59.5 cm³/mol.